The summed E-state index contributed by atoms with van der Waals surface area (Å²) in [5.74, 6) is 0.903. The van der Waals surface area contributed by atoms with E-state index in [-0.39, 0.29) is 0 Å². The summed E-state index contributed by atoms with van der Waals surface area (Å²) in [7, 11) is 0. The number of hydrogen-bond acceptors (Lipinski definition) is 3. The molecule has 0 heterocycles. The maximum Gasteiger partial charge on any atom is 0.181 e. The van der Waals surface area contributed by atoms with Crippen LogP contribution in [0, 0.1) is 11.5 Å². The molecule has 2 rings (SSSR count). The van der Waals surface area contributed by atoms with E-state index in [0.717, 1.165) is 48.5 Å². The van der Waals surface area contributed by atoms with E-state index in [1.807, 2.05) is 42.6 Å². The summed E-state index contributed by atoms with van der Waals surface area (Å²) in [6.45, 7) is 2.92. The normalized spacial score (nSPS) is 15.4. The lowest BCUT2D eigenvalue weighted by Crippen LogP contribution is -2.09. The molecule has 0 unspecified atom stereocenters. The van der Waals surface area contributed by atoms with E-state index < -0.39 is 0 Å². The number of unbranched alkanes of at least 4 members (excludes halogenated alkanes) is 1. The fraction of sp³-hybridized carbons (Fsp3) is 0.278. The Balaban J connectivity index is 2.05. The van der Waals surface area contributed by atoms with Gasteiger partial charge in [-0.25, -0.2) is 0 Å². The van der Waals surface area contributed by atoms with Gasteiger partial charge in [0.15, 0.2) is 6.19 Å². The van der Waals surface area contributed by atoms with Gasteiger partial charge in [0.1, 0.15) is 5.75 Å². The van der Waals surface area contributed by atoms with Crippen LogP contribution in [0.2, 0.25) is 0 Å². The van der Waals surface area contributed by atoms with E-state index in [0.29, 0.717) is 0 Å². The van der Waals surface area contributed by atoms with Gasteiger partial charge in [-0.15, -0.1) is 0 Å². The van der Waals surface area contributed by atoms with Crippen LogP contribution in [-0.2, 0) is 0 Å². The van der Waals surface area contributed by atoms with Crippen LogP contribution in [0.5, 0.6) is 5.75 Å². The predicted molar refractivity (Wildman–Crippen MR) is 85.4 cm³/mol. The van der Waals surface area contributed by atoms with Crippen molar-refractivity contribution in [2.45, 2.75) is 26.2 Å². The second kappa shape index (κ2) is 7.96. The predicted octanol–water partition coefficient (Wildman–Crippen LogP) is 4.16. The van der Waals surface area contributed by atoms with Crippen molar-refractivity contribution in [1.82, 2.24) is 5.32 Å². The van der Waals surface area contributed by atoms with Crippen LogP contribution in [0.4, 0.5) is 0 Å². The van der Waals surface area contributed by atoms with Crippen molar-refractivity contribution in [2.75, 3.05) is 6.61 Å². The van der Waals surface area contributed by atoms with Crippen molar-refractivity contribution >= 4 is 6.08 Å². The molecule has 3 nitrogen and oxygen atoms in total. The van der Waals surface area contributed by atoms with E-state index in [2.05, 4.69) is 24.4 Å². The molecule has 3 heteroatoms. The Labute approximate surface area is 126 Å². The van der Waals surface area contributed by atoms with Crippen LogP contribution in [0.3, 0.4) is 0 Å². The standard InChI is InChI=1S/C18H20N2O/c1-2-3-12-21-17-10-8-15(9-11-17)13-16-6-4-5-7-18(16)20-14-19/h4-5,7-11,13,20H,2-3,6,12H2,1H3. The van der Waals surface area contributed by atoms with Crippen molar-refractivity contribution in [1.29, 1.82) is 5.26 Å². The first-order valence-electron chi connectivity index (χ1n) is 7.29. The second-order valence-electron chi connectivity index (χ2n) is 4.89. The minimum atomic E-state index is 0.765. The first-order valence-corrected chi connectivity index (χ1v) is 7.29. The maximum absolute atomic E-state index is 8.77. The molecule has 0 fully saturated rings. The van der Waals surface area contributed by atoms with Gasteiger partial charge < -0.3 is 4.74 Å². The lowest BCUT2D eigenvalue weighted by molar-refractivity contribution is 0.309. The van der Waals surface area contributed by atoms with Gasteiger partial charge in [-0.05, 0) is 48.3 Å². The molecule has 21 heavy (non-hydrogen) atoms. The van der Waals surface area contributed by atoms with Crippen molar-refractivity contribution in [2.24, 2.45) is 0 Å². The molecule has 1 aromatic rings. The highest BCUT2D eigenvalue weighted by Crippen LogP contribution is 2.22. The number of ether oxygens (including phenoxy) is 1. The van der Waals surface area contributed by atoms with Gasteiger partial charge in [-0.3, -0.25) is 5.32 Å². The van der Waals surface area contributed by atoms with Crippen LogP contribution >= 0.6 is 0 Å². The van der Waals surface area contributed by atoms with E-state index in [4.69, 9.17) is 10.00 Å². The lowest BCUT2D eigenvalue weighted by Gasteiger charge is -2.12. The number of nitrogens with one attached hydrogen (secondary N) is 1. The Morgan fingerprint density at radius 1 is 1.33 bits per heavy atom. The Hall–Kier alpha value is -2.47. The average Bonchev–Trinajstić information content (AvgIpc) is 2.51. The molecule has 0 atom stereocenters. The molecule has 1 aliphatic rings. The summed E-state index contributed by atoms with van der Waals surface area (Å²) < 4.78 is 5.65. The van der Waals surface area contributed by atoms with Crippen molar-refractivity contribution in [3.8, 4) is 11.9 Å². The Bertz CT molecular complexity index is 589. The van der Waals surface area contributed by atoms with Crippen molar-refractivity contribution in [3.05, 3.63) is 59.3 Å². The summed E-state index contributed by atoms with van der Waals surface area (Å²) in [5, 5.41) is 11.5. The quantitative estimate of drug-likeness (QED) is 0.483. The van der Waals surface area contributed by atoms with Crippen LogP contribution < -0.4 is 10.1 Å². The van der Waals surface area contributed by atoms with Gasteiger partial charge in [-0.1, -0.05) is 37.6 Å². The zero-order chi connectivity index (χ0) is 14.9. The van der Waals surface area contributed by atoms with E-state index in [1.54, 1.807) is 0 Å². The average molecular weight is 280 g/mol. The summed E-state index contributed by atoms with van der Waals surface area (Å²) in [4.78, 5) is 0. The lowest BCUT2D eigenvalue weighted by atomic mass is 10.0. The number of nitriles is 1. The maximum atomic E-state index is 8.77. The summed E-state index contributed by atoms with van der Waals surface area (Å²) in [6.07, 6.45) is 13.1. The van der Waals surface area contributed by atoms with Gasteiger partial charge in [0.25, 0.3) is 0 Å². The molecule has 0 bridgehead atoms. The molecule has 0 saturated carbocycles. The third kappa shape index (κ3) is 4.54. The molecule has 108 valence electrons. The van der Waals surface area contributed by atoms with Crippen molar-refractivity contribution in [3.63, 3.8) is 0 Å². The summed E-state index contributed by atoms with van der Waals surface area (Å²) in [6, 6.07) is 8.05. The number of nitrogens with zero attached hydrogens (tertiary/aromatic N) is 1. The number of rotatable bonds is 6. The smallest absolute Gasteiger partial charge is 0.181 e. The summed E-state index contributed by atoms with van der Waals surface area (Å²) in [5.41, 5.74) is 3.08. The highest BCUT2D eigenvalue weighted by molar-refractivity contribution is 5.61. The minimum Gasteiger partial charge on any atom is -0.494 e. The van der Waals surface area contributed by atoms with Crippen LogP contribution in [0.15, 0.2) is 53.8 Å². The largest absolute Gasteiger partial charge is 0.494 e. The first kappa shape index (κ1) is 14.9. The Morgan fingerprint density at radius 3 is 2.86 bits per heavy atom. The molecule has 0 saturated heterocycles. The molecule has 0 aromatic heterocycles. The molecule has 1 aliphatic carbocycles. The zero-order valence-corrected chi connectivity index (χ0v) is 12.3. The van der Waals surface area contributed by atoms with E-state index in [9.17, 15) is 0 Å². The third-order valence-electron chi connectivity index (χ3n) is 3.26. The molecule has 0 spiro atoms. The van der Waals surface area contributed by atoms with Gasteiger partial charge in [0, 0.05) is 0 Å². The number of allylic oxidation sites excluding steroid dienone is 4. The number of hydrogen-bond donors (Lipinski definition) is 1. The highest BCUT2D eigenvalue weighted by atomic mass is 16.5. The fourth-order valence-electron chi connectivity index (χ4n) is 2.09. The Morgan fingerprint density at radius 2 is 2.14 bits per heavy atom. The summed E-state index contributed by atoms with van der Waals surface area (Å²) >= 11 is 0. The fourth-order valence-corrected chi connectivity index (χ4v) is 2.09. The molecule has 0 radical (unpaired) electrons. The van der Waals surface area contributed by atoms with E-state index in [1.165, 1.54) is 0 Å². The Kier molecular flexibility index (Phi) is 5.66. The van der Waals surface area contributed by atoms with Crippen molar-refractivity contribution < 1.29 is 4.74 Å². The first-order chi connectivity index (χ1) is 10.3. The van der Waals surface area contributed by atoms with Gasteiger partial charge >= 0.3 is 0 Å². The van der Waals surface area contributed by atoms with Crippen LogP contribution in [0.1, 0.15) is 31.7 Å². The molecular weight excluding hydrogens is 260 g/mol. The zero-order valence-electron chi connectivity index (χ0n) is 12.3. The number of benzene rings is 1. The van der Waals surface area contributed by atoms with Gasteiger partial charge in [0.05, 0.1) is 12.3 Å². The second-order valence-corrected chi connectivity index (χ2v) is 4.89. The molecule has 1 aromatic carbocycles. The van der Waals surface area contributed by atoms with Gasteiger partial charge in [-0.2, -0.15) is 5.26 Å². The SMILES string of the molecule is CCCCOc1ccc(C=C2CC=CC=C2NC#N)cc1. The van der Waals surface area contributed by atoms with Crippen LogP contribution in [0.25, 0.3) is 6.08 Å². The molecule has 0 aliphatic heterocycles. The minimum absolute atomic E-state index is 0.765. The van der Waals surface area contributed by atoms with E-state index >= 15 is 0 Å². The monoisotopic (exact) mass is 280 g/mol. The molecule has 1 N–H and O–H groups in total. The molecule has 0 amide bonds. The molecular formula is C18H20N2O. The highest BCUT2D eigenvalue weighted by Gasteiger charge is 2.06. The topological polar surface area (TPSA) is 45.0 Å². The van der Waals surface area contributed by atoms with Crippen LogP contribution in [-0.4, -0.2) is 6.61 Å². The van der Waals surface area contributed by atoms with Gasteiger partial charge in [0.2, 0.25) is 0 Å². The third-order valence-corrected chi connectivity index (χ3v) is 3.26.